The van der Waals surface area contributed by atoms with Gasteiger partial charge in [0, 0.05) is 24.2 Å². The average molecular weight is 391 g/mol. The van der Waals surface area contributed by atoms with Gasteiger partial charge in [-0.2, -0.15) is 0 Å². The maximum absolute atomic E-state index is 12.9. The van der Waals surface area contributed by atoms with E-state index in [4.69, 9.17) is 25.8 Å². The molecule has 142 valence electrons. The summed E-state index contributed by atoms with van der Waals surface area (Å²) >= 11 is 6.36. The molecule has 0 saturated carbocycles. The molecular weight excluding hydrogens is 372 g/mol. The van der Waals surface area contributed by atoms with E-state index in [1.165, 1.54) is 0 Å². The highest BCUT2D eigenvalue weighted by molar-refractivity contribution is 6.31. The number of benzene rings is 1. The Labute approximate surface area is 160 Å². The second-order valence-electron chi connectivity index (χ2n) is 6.98. The van der Waals surface area contributed by atoms with Gasteiger partial charge < -0.3 is 19.1 Å². The Morgan fingerprint density at radius 3 is 2.93 bits per heavy atom. The van der Waals surface area contributed by atoms with Crippen LogP contribution in [0, 0.1) is 0 Å². The predicted octanol–water partition coefficient (Wildman–Crippen LogP) is 1.62. The number of fused-ring (bicyclic) bond motifs is 4. The van der Waals surface area contributed by atoms with Gasteiger partial charge in [-0.25, -0.2) is 4.68 Å². The van der Waals surface area contributed by atoms with Gasteiger partial charge in [-0.3, -0.25) is 4.79 Å². The van der Waals surface area contributed by atoms with Crippen molar-refractivity contribution in [1.82, 2.24) is 19.9 Å². The molecular formula is C18H19ClN4O4. The zero-order valence-corrected chi connectivity index (χ0v) is 15.4. The number of piperidine rings is 1. The number of hydrogen-bond acceptors (Lipinski definition) is 6. The van der Waals surface area contributed by atoms with Crippen molar-refractivity contribution in [2.45, 2.75) is 31.6 Å². The molecule has 5 rings (SSSR count). The van der Waals surface area contributed by atoms with Crippen molar-refractivity contribution in [1.29, 1.82) is 0 Å². The van der Waals surface area contributed by atoms with Gasteiger partial charge in [-0.1, -0.05) is 16.8 Å². The third kappa shape index (κ3) is 3.02. The first kappa shape index (κ1) is 16.8. The number of aromatic nitrogens is 3. The second kappa shape index (κ2) is 6.69. The Kier molecular flexibility index (Phi) is 4.17. The molecule has 0 bridgehead atoms. The van der Waals surface area contributed by atoms with Gasteiger partial charge in [0.1, 0.15) is 13.2 Å². The van der Waals surface area contributed by atoms with Gasteiger partial charge in [-0.15, -0.1) is 5.10 Å². The molecule has 2 atom stereocenters. The number of hydrogen-bond donors (Lipinski definition) is 0. The molecule has 27 heavy (non-hydrogen) atoms. The molecule has 2 aromatic rings. The number of rotatable bonds is 2. The molecule has 1 fully saturated rings. The van der Waals surface area contributed by atoms with Crippen molar-refractivity contribution < 1.29 is 19.0 Å². The minimum absolute atomic E-state index is 0.00434. The van der Waals surface area contributed by atoms with Crippen LogP contribution in [0.25, 0.3) is 0 Å². The normalized spacial score (nSPS) is 23.5. The summed E-state index contributed by atoms with van der Waals surface area (Å²) in [6.45, 7) is 2.74. The summed E-state index contributed by atoms with van der Waals surface area (Å²) in [4.78, 5) is 14.8. The fourth-order valence-corrected chi connectivity index (χ4v) is 4.14. The summed E-state index contributed by atoms with van der Waals surface area (Å²) in [5, 5.41) is 8.67. The summed E-state index contributed by atoms with van der Waals surface area (Å²) in [6.07, 6.45) is 2.79. The number of amides is 1. The monoisotopic (exact) mass is 390 g/mol. The molecule has 0 radical (unpaired) electrons. The van der Waals surface area contributed by atoms with E-state index in [-0.39, 0.29) is 24.5 Å². The molecule has 0 unspecified atom stereocenters. The Morgan fingerprint density at radius 2 is 2.07 bits per heavy atom. The molecule has 4 heterocycles. The lowest BCUT2D eigenvalue weighted by atomic mass is 9.99. The molecule has 3 aliphatic heterocycles. The highest BCUT2D eigenvalue weighted by atomic mass is 35.5. The Balaban J connectivity index is 1.32. The maximum atomic E-state index is 12.9. The number of halogens is 1. The lowest BCUT2D eigenvalue weighted by Gasteiger charge is -2.41. The third-order valence-electron chi connectivity index (χ3n) is 5.33. The van der Waals surface area contributed by atoms with Crippen molar-refractivity contribution in [3.8, 4) is 11.5 Å². The molecule has 8 nitrogen and oxygen atoms in total. The maximum Gasteiger partial charge on any atom is 0.227 e. The molecule has 1 saturated heterocycles. The Bertz CT molecular complexity index is 886. The molecule has 1 amide bonds. The fraction of sp³-hybridized carbons (Fsp3) is 0.500. The zero-order chi connectivity index (χ0) is 18.4. The quantitative estimate of drug-likeness (QED) is 0.775. The first-order valence-electron chi connectivity index (χ1n) is 9.05. The SMILES string of the molecule is O=C(Cc1cc2c(cc1Cl)OCCO2)N1CC[C@H]2OCc3cnnn3[C@@H]2C1. The van der Waals surface area contributed by atoms with E-state index in [9.17, 15) is 4.79 Å². The summed E-state index contributed by atoms with van der Waals surface area (Å²) < 4.78 is 18.9. The van der Waals surface area contributed by atoms with Crippen LogP contribution in [-0.2, 0) is 22.6 Å². The lowest BCUT2D eigenvalue weighted by molar-refractivity contribution is -0.137. The van der Waals surface area contributed by atoms with Crippen LogP contribution in [-0.4, -0.2) is 58.2 Å². The Morgan fingerprint density at radius 1 is 1.26 bits per heavy atom. The van der Waals surface area contributed by atoms with E-state index in [2.05, 4.69) is 10.3 Å². The second-order valence-corrected chi connectivity index (χ2v) is 7.39. The van der Waals surface area contributed by atoms with Gasteiger partial charge in [0.2, 0.25) is 5.91 Å². The number of nitrogens with zero attached hydrogens (tertiary/aromatic N) is 4. The summed E-state index contributed by atoms with van der Waals surface area (Å²) in [5.74, 6) is 1.29. The van der Waals surface area contributed by atoms with Gasteiger partial charge in [0.05, 0.1) is 37.1 Å². The van der Waals surface area contributed by atoms with Gasteiger partial charge in [0.15, 0.2) is 11.5 Å². The predicted molar refractivity (Wildman–Crippen MR) is 95.0 cm³/mol. The number of likely N-dealkylation sites (tertiary alicyclic amines) is 1. The number of carbonyl (C=O) groups excluding carboxylic acids is 1. The van der Waals surface area contributed by atoms with Gasteiger partial charge in [0.25, 0.3) is 0 Å². The highest BCUT2D eigenvalue weighted by Crippen LogP contribution is 2.36. The van der Waals surface area contributed by atoms with Crippen molar-refractivity contribution in [3.05, 3.63) is 34.6 Å². The van der Waals surface area contributed by atoms with Crippen LogP contribution < -0.4 is 9.47 Å². The van der Waals surface area contributed by atoms with E-state index in [1.54, 1.807) is 18.3 Å². The smallest absolute Gasteiger partial charge is 0.227 e. The van der Waals surface area contributed by atoms with Gasteiger partial charge in [-0.05, 0) is 18.1 Å². The van der Waals surface area contributed by atoms with Crippen LogP contribution in [0.5, 0.6) is 11.5 Å². The van der Waals surface area contributed by atoms with Crippen LogP contribution in [0.4, 0.5) is 0 Å². The molecule has 1 aromatic carbocycles. The van der Waals surface area contributed by atoms with Crippen molar-refractivity contribution in [3.63, 3.8) is 0 Å². The number of ether oxygens (including phenoxy) is 3. The number of carbonyl (C=O) groups is 1. The molecule has 9 heteroatoms. The first-order valence-corrected chi connectivity index (χ1v) is 9.43. The first-order chi connectivity index (χ1) is 13.2. The van der Waals surface area contributed by atoms with Crippen LogP contribution in [0.2, 0.25) is 5.02 Å². The third-order valence-corrected chi connectivity index (χ3v) is 5.69. The lowest BCUT2D eigenvalue weighted by Crippen LogP contribution is -2.50. The van der Waals surface area contributed by atoms with E-state index in [1.807, 2.05) is 9.58 Å². The minimum Gasteiger partial charge on any atom is -0.486 e. The highest BCUT2D eigenvalue weighted by Gasteiger charge is 2.37. The molecule has 0 aliphatic carbocycles. The van der Waals surface area contributed by atoms with Crippen LogP contribution in [0.15, 0.2) is 18.3 Å². The zero-order valence-electron chi connectivity index (χ0n) is 14.6. The van der Waals surface area contributed by atoms with E-state index < -0.39 is 0 Å². The summed E-state index contributed by atoms with van der Waals surface area (Å²) in [5.41, 5.74) is 1.69. The van der Waals surface area contributed by atoms with Crippen LogP contribution in [0.3, 0.4) is 0 Å². The summed E-state index contributed by atoms with van der Waals surface area (Å²) in [6, 6.07) is 3.53. The van der Waals surface area contributed by atoms with Crippen LogP contribution in [0.1, 0.15) is 23.7 Å². The summed E-state index contributed by atoms with van der Waals surface area (Å²) in [7, 11) is 0. The van der Waals surface area contributed by atoms with Crippen LogP contribution >= 0.6 is 11.6 Å². The molecule has 1 aromatic heterocycles. The molecule has 0 N–H and O–H groups in total. The van der Waals surface area contributed by atoms with Gasteiger partial charge >= 0.3 is 0 Å². The topological polar surface area (TPSA) is 78.7 Å². The van der Waals surface area contributed by atoms with Crippen molar-refractivity contribution in [2.75, 3.05) is 26.3 Å². The van der Waals surface area contributed by atoms with Crippen molar-refractivity contribution >= 4 is 17.5 Å². The minimum atomic E-state index is 0.00434. The largest absolute Gasteiger partial charge is 0.486 e. The molecule has 3 aliphatic rings. The van der Waals surface area contributed by atoms with E-state index in [0.717, 1.165) is 17.7 Å². The van der Waals surface area contributed by atoms with Crippen molar-refractivity contribution in [2.24, 2.45) is 0 Å². The standard InChI is InChI=1S/C18H19ClN4O4/c19-13-7-17-16(25-3-4-26-17)5-11(13)6-18(24)22-2-1-15-14(9-22)23-12(10-27-15)8-20-21-23/h5,7-8,14-15H,1-4,6,9-10H2/t14-,15-/m1/s1. The molecule has 0 spiro atoms. The Hall–Kier alpha value is -2.32. The average Bonchev–Trinajstić information content (AvgIpc) is 3.17. The fourth-order valence-electron chi connectivity index (χ4n) is 3.92. The van der Waals surface area contributed by atoms with E-state index in [0.29, 0.717) is 49.4 Å². The van der Waals surface area contributed by atoms with E-state index >= 15 is 0 Å².